The van der Waals surface area contributed by atoms with Crippen LogP contribution < -0.4 is 9.47 Å². The summed E-state index contributed by atoms with van der Waals surface area (Å²) in [6, 6.07) is 9.97. The van der Waals surface area contributed by atoms with Gasteiger partial charge < -0.3 is 14.2 Å². The van der Waals surface area contributed by atoms with Crippen molar-refractivity contribution in [2.45, 2.75) is 26.2 Å². The molecule has 0 unspecified atom stereocenters. The molecule has 0 fully saturated rings. The molecule has 0 aliphatic heterocycles. The first-order valence-electron chi connectivity index (χ1n) is 8.92. The van der Waals surface area contributed by atoms with Crippen molar-refractivity contribution in [2.24, 2.45) is 0 Å². The van der Waals surface area contributed by atoms with Gasteiger partial charge in [0.05, 0.1) is 35.9 Å². The van der Waals surface area contributed by atoms with Gasteiger partial charge in [0.1, 0.15) is 5.75 Å². The fraction of sp³-hybridized carbons (Fsp3) is 0.333. The summed E-state index contributed by atoms with van der Waals surface area (Å²) in [5.41, 5.74) is 0.927. The molecule has 5 nitrogen and oxygen atoms in total. The maximum absolute atomic E-state index is 12.2. The summed E-state index contributed by atoms with van der Waals surface area (Å²) in [6.07, 6.45) is 1.74. The molecule has 0 heterocycles. The van der Waals surface area contributed by atoms with Crippen molar-refractivity contribution in [3.05, 3.63) is 57.6 Å². The molecule has 0 radical (unpaired) electrons. The van der Waals surface area contributed by atoms with Crippen molar-refractivity contribution in [3.8, 4) is 11.5 Å². The molecule has 0 saturated heterocycles. The van der Waals surface area contributed by atoms with Crippen LogP contribution in [0.15, 0.2) is 36.4 Å². The number of methoxy groups -OCH3 is 1. The van der Waals surface area contributed by atoms with E-state index in [0.717, 1.165) is 0 Å². The number of Topliss-reactive ketones (excluding diaryl/α,β-unsaturated/α-hetero) is 1. The Morgan fingerprint density at radius 1 is 0.964 bits per heavy atom. The van der Waals surface area contributed by atoms with Crippen LogP contribution in [0.5, 0.6) is 11.5 Å². The van der Waals surface area contributed by atoms with Gasteiger partial charge in [-0.2, -0.15) is 0 Å². The average Bonchev–Trinajstić information content (AvgIpc) is 2.69. The summed E-state index contributed by atoms with van der Waals surface area (Å²) in [5, 5.41) is 0.481. The van der Waals surface area contributed by atoms with E-state index in [1.165, 1.54) is 12.1 Å². The fourth-order valence-corrected chi connectivity index (χ4v) is 3.11. The SMILES string of the molecule is CCOC(=O)c1cc(Cl)c(OCCCCC(=O)c2ccc(OC)cc2)c(Cl)c1. The smallest absolute Gasteiger partial charge is 0.338 e. The van der Waals surface area contributed by atoms with Gasteiger partial charge in [0.15, 0.2) is 11.5 Å². The Morgan fingerprint density at radius 2 is 1.61 bits per heavy atom. The summed E-state index contributed by atoms with van der Waals surface area (Å²) >= 11 is 12.3. The molecule has 2 rings (SSSR count). The van der Waals surface area contributed by atoms with E-state index in [2.05, 4.69) is 0 Å². The highest BCUT2D eigenvalue weighted by molar-refractivity contribution is 6.37. The Morgan fingerprint density at radius 3 is 2.18 bits per heavy atom. The van der Waals surface area contributed by atoms with Gasteiger partial charge in [-0.1, -0.05) is 23.2 Å². The zero-order chi connectivity index (χ0) is 20.5. The van der Waals surface area contributed by atoms with E-state index in [9.17, 15) is 9.59 Å². The van der Waals surface area contributed by atoms with Gasteiger partial charge in [-0.05, 0) is 56.2 Å². The van der Waals surface area contributed by atoms with E-state index in [1.807, 2.05) is 0 Å². The molecule has 0 aliphatic rings. The number of esters is 1. The standard InChI is InChI=1S/C21H22Cl2O5/c1-3-27-21(25)15-12-17(22)20(18(23)13-15)28-11-5-4-6-19(24)14-7-9-16(26-2)10-8-14/h7-10,12-13H,3-6,11H2,1-2H3. The van der Waals surface area contributed by atoms with E-state index < -0.39 is 5.97 Å². The normalized spacial score (nSPS) is 10.4. The van der Waals surface area contributed by atoms with E-state index in [-0.39, 0.29) is 28.0 Å². The van der Waals surface area contributed by atoms with Gasteiger partial charge in [0, 0.05) is 12.0 Å². The molecule has 0 amide bonds. The second-order valence-electron chi connectivity index (χ2n) is 5.95. The highest BCUT2D eigenvalue weighted by atomic mass is 35.5. The van der Waals surface area contributed by atoms with Gasteiger partial charge in [-0.15, -0.1) is 0 Å². The van der Waals surface area contributed by atoms with Gasteiger partial charge in [-0.25, -0.2) is 4.79 Å². The number of carbonyl (C=O) groups is 2. The average molecular weight is 425 g/mol. The number of benzene rings is 2. The summed E-state index contributed by atoms with van der Waals surface area (Å²) in [4.78, 5) is 23.9. The van der Waals surface area contributed by atoms with Crippen molar-refractivity contribution >= 4 is 35.0 Å². The minimum Gasteiger partial charge on any atom is -0.497 e. The number of rotatable bonds is 10. The van der Waals surface area contributed by atoms with Crippen LogP contribution in [0.3, 0.4) is 0 Å². The third kappa shape index (κ3) is 6.14. The van der Waals surface area contributed by atoms with Crippen molar-refractivity contribution in [3.63, 3.8) is 0 Å². The highest BCUT2D eigenvalue weighted by Gasteiger charge is 2.15. The van der Waals surface area contributed by atoms with E-state index in [4.69, 9.17) is 37.4 Å². The molecule has 2 aromatic carbocycles. The van der Waals surface area contributed by atoms with Crippen LogP contribution in [0.2, 0.25) is 10.0 Å². The first-order chi connectivity index (χ1) is 13.5. The molecule has 150 valence electrons. The minimum atomic E-state index is -0.491. The zero-order valence-electron chi connectivity index (χ0n) is 15.8. The summed E-state index contributed by atoms with van der Waals surface area (Å²) in [6.45, 7) is 2.34. The number of unbranched alkanes of at least 4 members (excludes halogenated alkanes) is 1. The Hall–Kier alpha value is -2.24. The van der Waals surface area contributed by atoms with E-state index in [0.29, 0.717) is 42.9 Å². The lowest BCUT2D eigenvalue weighted by Gasteiger charge is -2.11. The molecule has 2 aromatic rings. The largest absolute Gasteiger partial charge is 0.497 e. The first-order valence-corrected chi connectivity index (χ1v) is 9.68. The molecule has 0 spiro atoms. The van der Waals surface area contributed by atoms with Crippen LogP contribution in [0.25, 0.3) is 0 Å². The molecular weight excluding hydrogens is 403 g/mol. The lowest BCUT2D eigenvalue weighted by atomic mass is 10.1. The Balaban J connectivity index is 1.81. The van der Waals surface area contributed by atoms with Crippen LogP contribution in [0, 0.1) is 0 Å². The topological polar surface area (TPSA) is 61.8 Å². The van der Waals surface area contributed by atoms with E-state index in [1.54, 1.807) is 38.3 Å². The number of ether oxygens (including phenoxy) is 3. The maximum atomic E-state index is 12.2. The number of hydrogen-bond acceptors (Lipinski definition) is 5. The molecule has 28 heavy (non-hydrogen) atoms. The predicted molar refractivity (Wildman–Crippen MR) is 109 cm³/mol. The highest BCUT2D eigenvalue weighted by Crippen LogP contribution is 2.34. The number of halogens is 2. The molecule has 0 aromatic heterocycles. The predicted octanol–water partition coefficient (Wildman–Crippen LogP) is 5.61. The Kier molecular flexibility index (Phi) is 8.61. The molecule has 7 heteroatoms. The first kappa shape index (κ1) is 22.1. The van der Waals surface area contributed by atoms with Crippen molar-refractivity contribution in [1.29, 1.82) is 0 Å². The molecular formula is C21H22Cl2O5. The van der Waals surface area contributed by atoms with Crippen LogP contribution >= 0.6 is 23.2 Å². The van der Waals surface area contributed by atoms with Crippen LogP contribution in [0.4, 0.5) is 0 Å². The maximum Gasteiger partial charge on any atom is 0.338 e. The van der Waals surface area contributed by atoms with Gasteiger partial charge in [-0.3, -0.25) is 4.79 Å². The number of hydrogen-bond donors (Lipinski definition) is 0. The van der Waals surface area contributed by atoms with Gasteiger partial charge in [0.2, 0.25) is 0 Å². The molecule has 0 N–H and O–H groups in total. The van der Waals surface area contributed by atoms with Gasteiger partial charge >= 0.3 is 5.97 Å². The summed E-state index contributed by atoms with van der Waals surface area (Å²) in [5.74, 6) is 0.609. The number of carbonyl (C=O) groups excluding carboxylic acids is 2. The van der Waals surface area contributed by atoms with E-state index >= 15 is 0 Å². The second-order valence-corrected chi connectivity index (χ2v) is 6.76. The third-order valence-corrected chi connectivity index (χ3v) is 4.53. The molecule has 0 atom stereocenters. The Labute approximate surface area is 174 Å². The summed E-state index contributed by atoms with van der Waals surface area (Å²) in [7, 11) is 1.58. The second kappa shape index (κ2) is 10.9. The van der Waals surface area contributed by atoms with Crippen molar-refractivity contribution in [2.75, 3.05) is 20.3 Å². The lowest BCUT2D eigenvalue weighted by Crippen LogP contribution is -2.06. The fourth-order valence-electron chi connectivity index (χ4n) is 2.51. The monoisotopic (exact) mass is 424 g/mol. The summed E-state index contributed by atoms with van der Waals surface area (Å²) < 4.78 is 15.6. The van der Waals surface area contributed by atoms with Crippen LogP contribution in [-0.2, 0) is 4.74 Å². The molecule has 0 aliphatic carbocycles. The lowest BCUT2D eigenvalue weighted by molar-refractivity contribution is 0.0526. The Bertz CT molecular complexity index is 795. The zero-order valence-corrected chi connectivity index (χ0v) is 17.3. The molecule has 0 bridgehead atoms. The van der Waals surface area contributed by atoms with Gasteiger partial charge in [0.25, 0.3) is 0 Å². The van der Waals surface area contributed by atoms with Crippen molar-refractivity contribution in [1.82, 2.24) is 0 Å². The molecule has 0 saturated carbocycles. The van der Waals surface area contributed by atoms with Crippen LogP contribution in [-0.4, -0.2) is 32.1 Å². The minimum absolute atomic E-state index is 0.0671. The quantitative estimate of drug-likeness (QED) is 0.281. The van der Waals surface area contributed by atoms with Crippen LogP contribution in [0.1, 0.15) is 46.9 Å². The number of ketones is 1. The third-order valence-electron chi connectivity index (χ3n) is 3.97. The van der Waals surface area contributed by atoms with Crippen molar-refractivity contribution < 1.29 is 23.8 Å².